The molecule has 0 heterocycles. The second-order valence-corrected chi connectivity index (χ2v) is 1.81. The highest BCUT2D eigenvalue weighted by molar-refractivity contribution is 5.87. The topological polar surface area (TPSA) is 17.1 Å². The van der Waals surface area contributed by atoms with Crippen molar-refractivity contribution in [1.82, 2.24) is 0 Å². The Kier molecular flexibility index (Phi) is 4.79. The van der Waals surface area contributed by atoms with E-state index in [0.29, 0.717) is 0 Å². The number of ketones is 1. The quantitative estimate of drug-likeness (QED) is 0.416. The Morgan fingerprint density at radius 1 is 1.44 bits per heavy atom. The molecule has 1 heteroatoms. The van der Waals surface area contributed by atoms with Crippen LogP contribution in [-0.2, 0) is 4.79 Å². The molecule has 0 rings (SSSR count). The van der Waals surface area contributed by atoms with Crippen LogP contribution < -0.4 is 0 Å². The fourth-order valence-corrected chi connectivity index (χ4v) is 0.406. The lowest BCUT2D eigenvalue weighted by Gasteiger charge is -1.74. The first-order valence-electron chi connectivity index (χ1n) is 3.11. The van der Waals surface area contributed by atoms with E-state index < -0.39 is 0 Å². The minimum atomic E-state index is 0.0933. The molecule has 0 aliphatic rings. The molecule has 0 atom stereocenters. The molecule has 9 heavy (non-hydrogen) atoms. The van der Waals surface area contributed by atoms with Gasteiger partial charge in [0, 0.05) is 0 Å². The van der Waals surface area contributed by atoms with E-state index in [9.17, 15) is 4.79 Å². The molecule has 0 aliphatic heterocycles. The molecule has 0 aromatic rings. The molecule has 1 nitrogen and oxygen atoms in total. The van der Waals surface area contributed by atoms with Crippen molar-refractivity contribution in [2.24, 2.45) is 0 Å². The largest absolute Gasteiger partial charge is 0.295 e. The van der Waals surface area contributed by atoms with Gasteiger partial charge < -0.3 is 0 Å². The van der Waals surface area contributed by atoms with Gasteiger partial charge in [-0.05, 0) is 19.4 Å². The molecule has 0 spiro atoms. The maximum absolute atomic E-state index is 10.3. The Bertz CT molecular complexity index is 132. The zero-order valence-electron chi connectivity index (χ0n) is 5.92. The number of carbonyl (C=O) groups is 1. The van der Waals surface area contributed by atoms with Gasteiger partial charge >= 0.3 is 0 Å². The Balaban J connectivity index is 3.47. The van der Waals surface area contributed by atoms with Crippen molar-refractivity contribution in [2.75, 3.05) is 0 Å². The number of rotatable bonds is 3. The normalized spacial score (nSPS) is 11.3. The van der Waals surface area contributed by atoms with E-state index in [1.54, 1.807) is 12.2 Å². The maximum Gasteiger partial charge on any atom is 0.152 e. The van der Waals surface area contributed by atoms with Gasteiger partial charge in [0.2, 0.25) is 0 Å². The van der Waals surface area contributed by atoms with Crippen LogP contribution in [0.1, 0.15) is 20.3 Å². The SMILES string of the molecule is CC/C=C/C=C\C(C)=O. The van der Waals surface area contributed by atoms with E-state index in [2.05, 4.69) is 6.92 Å². The number of allylic oxidation sites excluding steroid dienone is 4. The van der Waals surface area contributed by atoms with Gasteiger partial charge in [0.15, 0.2) is 5.78 Å². The molecule has 0 saturated carbocycles. The van der Waals surface area contributed by atoms with Crippen LogP contribution in [0.2, 0.25) is 0 Å². The van der Waals surface area contributed by atoms with Gasteiger partial charge in [-0.2, -0.15) is 0 Å². The molecule has 0 N–H and O–H groups in total. The molecule has 0 aromatic heterocycles. The summed E-state index contributed by atoms with van der Waals surface area (Å²) < 4.78 is 0. The van der Waals surface area contributed by atoms with Crippen molar-refractivity contribution < 1.29 is 4.79 Å². The van der Waals surface area contributed by atoms with Crippen LogP contribution in [-0.4, -0.2) is 5.78 Å². The third-order valence-corrected chi connectivity index (χ3v) is 0.814. The Morgan fingerprint density at radius 3 is 2.56 bits per heavy atom. The van der Waals surface area contributed by atoms with Crippen LogP contribution in [0.4, 0.5) is 0 Å². The maximum atomic E-state index is 10.3. The van der Waals surface area contributed by atoms with Crippen molar-refractivity contribution in [1.29, 1.82) is 0 Å². The summed E-state index contributed by atoms with van der Waals surface area (Å²) >= 11 is 0. The summed E-state index contributed by atoms with van der Waals surface area (Å²) in [7, 11) is 0. The standard InChI is InChI=1S/C8H12O/c1-3-4-5-6-7-8(2)9/h4-7H,3H2,1-2H3/b5-4+,7-6-. The number of carbonyl (C=O) groups excluding carboxylic acids is 1. The minimum absolute atomic E-state index is 0.0933. The number of hydrogen-bond acceptors (Lipinski definition) is 1. The summed E-state index contributed by atoms with van der Waals surface area (Å²) in [6.45, 7) is 3.59. The lowest BCUT2D eigenvalue weighted by atomic mass is 10.3. The lowest BCUT2D eigenvalue weighted by Crippen LogP contribution is -1.77. The number of hydrogen-bond donors (Lipinski definition) is 0. The molecule has 0 radical (unpaired) electrons. The molecule has 0 unspecified atom stereocenters. The smallest absolute Gasteiger partial charge is 0.152 e. The average Bonchev–Trinajstić information content (AvgIpc) is 1.80. The molecule has 0 bridgehead atoms. The van der Waals surface area contributed by atoms with E-state index in [-0.39, 0.29) is 5.78 Å². The van der Waals surface area contributed by atoms with E-state index >= 15 is 0 Å². The summed E-state index contributed by atoms with van der Waals surface area (Å²) in [5, 5.41) is 0. The van der Waals surface area contributed by atoms with E-state index in [1.807, 2.05) is 12.2 Å². The van der Waals surface area contributed by atoms with E-state index in [4.69, 9.17) is 0 Å². The summed E-state index contributed by atoms with van der Waals surface area (Å²) in [6, 6.07) is 0. The van der Waals surface area contributed by atoms with Crippen molar-refractivity contribution in [3.05, 3.63) is 24.3 Å². The highest BCUT2D eigenvalue weighted by Gasteiger charge is 1.75. The van der Waals surface area contributed by atoms with Crippen molar-refractivity contribution in [2.45, 2.75) is 20.3 Å². The highest BCUT2D eigenvalue weighted by Crippen LogP contribution is 1.81. The predicted octanol–water partition coefficient (Wildman–Crippen LogP) is 2.10. The van der Waals surface area contributed by atoms with Gasteiger partial charge in [-0.15, -0.1) is 0 Å². The van der Waals surface area contributed by atoms with Crippen LogP contribution >= 0.6 is 0 Å². The molecule has 0 amide bonds. The van der Waals surface area contributed by atoms with Gasteiger partial charge in [0.25, 0.3) is 0 Å². The molecular formula is C8H12O. The van der Waals surface area contributed by atoms with Gasteiger partial charge in [-0.1, -0.05) is 25.2 Å². The Morgan fingerprint density at radius 2 is 2.11 bits per heavy atom. The van der Waals surface area contributed by atoms with Crippen molar-refractivity contribution in [3.8, 4) is 0 Å². The fraction of sp³-hybridized carbons (Fsp3) is 0.375. The third kappa shape index (κ3) is 7.15. The first-order valence-corrected chi connectivity index (χ1v) is 3.11. The summed E-state index contributed by atoms with van der Waals surface area (Å²) in [4.78, 5) is 10.3. The first kappa shape index (κ1) is 8.15. The molecule has 0 fully saturated rings. The minimum Gasteiger partial charge on any atom is -0.295 e. The fourth-order valence-electron chi connectivity index (χ4n) is 0.406. The molecule has 0 aliphatic carbocycles. The second kappa shape index (κ2) is 5.29. The van der Waals surface area contributed by atoms with Crippen molar-refractivity contribution in [3.63, 3.8) is 0 Å². The zero-order valence-corrected chi connectivity index (χ0v) is 5.92. The highest BCUT2D eigenvalue weighted by atomic mass is 16.1. The average molecular weight is 124 g/mol. The Hall–Kier alpha value is -0.850. The molecule has 0 saturated heterocycles. The molecule has 0 aromatic carbocycles. The lowest BCUT2D eigenvalue weighted by molar-refractivity contribution is -0.112. The van der Waals surface area contributed by atoms with E-state index in [0.717, 1.165) is 6.42 Å². The third-order valence-electron chi connectivity index (χ3n) is 0.814. The van der Waals surface area contributed by atoms with Crippen LogP contribution in [0.15, 0.2) is 24.3 Å². The van der Waals surface area contributed by atoms with Crippen LogP contribution in [0, 0.1) is 0 Å². The van der Waals surface area contributed by atoms with Crippen LogP contribution in [0.5, 0.6) is 0 Å². The monoisotopic (exact) mass is 124 g/mol. The summed E-state index contributed by atoms with van der Waals surface area (Å²) in [5.41, 5.74) is 0. The molecular weight excluding hydrogens is 112 g/mol. The molecule has 50 valence electrons. The Labute approximate surface area is 56.1 Å². The second-order valence-electron chi connectivity index (χ2n) is 1.81. The zero-order chi connectivity index (χ0) is 7.11. The van der Waals surface area contributed by atoms with Gasteiger partial charge in [0.1, 0.15) is 0 Å². The predicted molar refractivity (Wildman–Crippen MR) is 39.3 cm³/mol. The van der Waals surface area contributed by atoms with Gasteiger partial charge in [-0.3, -0.25) is 4.79 Å². The van der Waals surface area contributed by atoms with Crippen molar-refractivity contribution >= 4 is 5.78 Å². The summed E-state index contributed by atoms with van der Waals surface area (Å²) in [6.07, 6.45) is 8.20. The van der Waals surface area contributed by atoms with E-state index in [1.165, 1.54) is 6.92 Å². The van der Waals surface area contributed by atoms with Crippen LogP contribution in [0.25, 0.3) is 0 Å². The first-order chi connectivity index (χ1) is 4.27. The van der Waals surface area contributed by atoms with Gasteiger partial charge in [-0.25, -0.2) is 0 Å². The summed E-state index contributed by atoms with van der Waals surface area (Å²) in [5.74, 6) is 0.0933. The van der Waals surface area contributed by atoms with Crippen LogP contribution in [0.3, 0.4) is 0 Å². The van der Waals surface area contributed by atoms with Gasteiger partial charge in [0.05, 0.1) is 0 Å².